The third-order valence-corrected chi connectivity index (χ3v) is 4.74. The van der Waals surface area contributed by atoms with Crippen LogP contribution in [0.3, 0.4) is 0 Å². The van der Waals surface area contributed by atoms with Crippen molar-refractivity contribution in [2.75, 3.05) is 53.5 Å². The van der Waals surface area contributed by atoms with Crippen LogP contribution in [-0.2, 0) is 0 Å². The van der Waals surface area contributed by atoms with Crippen molar-refractivity contribution in [1.29, 1.82) is 10.5 Å². The van der Waals surface area contributed by atoms with E-state index in [9.17, 15) is 0 Å². The Hall–Kier alpha value is -3.06. The minimum absolute atomic E-state index is 0.645. The Morgan fingerprint density at radius 2 is 1.00 bits per heavy atom. The second kappa shape index (κ2) is 13.2. The lowest BCUT2D eigenvalue weighted by Crippen LogP contribution is -2.32. The zero-order valence-corrected chi connectivity index (χ0v) is 17.9. The number of nitrogens with zero attached hydrogens (tertiary/aromatic N) is 4. The van der Waals surface area contributed by atoms with Crippen molar-refractivity contribution in [3.05, 3.63) is 59.7 Å². The fourth-order valence-electron chi connectivity index (χ4n) is 2.87. The summed E-state index contributed by atoms with van der Waals surface area (Å²) in [5.41, 5.74) is 1.29. The lowest BCUT2D eigenvalue weighted by molar-refractivity contribution is 0.221. The van der Waals surface area contributed by atoms with Crippen molar-refractivity contribution >= 4 is 0 Å². The summed E-state index contributed by atoms with van der Waals surface area (Å²) in [6.07, 6.45) is 1.91. The van der Waals surface area contributed by atoms with Gasteiger partial charge in [-0.2, -0.15) is 10.5 Å². The molecule has 6 nitrogen and oxygen atoms in total. The van der Waals surface area contributed by atoms with E-state index in [1.54, 1.807) is 24.3 Å². The Morgan fingerprint density at radius 1 is 0.633 bits per heavy atom. The predicted molar refractivity (Wildman–Crippen MR) is 118 cm³/mol. The highest BCUT2D eigenvalue weighted by Crippen LogP contribution is 2.12. The molecule has 0 amide bonds. The Kier molecular flexibility index (Phi) is 10.2. The number of nitriles is 2. The van der Waals surface area contributed by atoms with E-state index < -0.39 is 0 Å². The summed E-state index contributed by atoms with van der Waals surface area (Å²) in [4.78, 5) is 4.62. The molecule has 0 saturated carbocycles. The highest BCUT2D eigenvalue weighted by Gasteiger charge is 2.03. The number of benzene rings is 2. The van der Waals surface area contributed by atoms with Crippen LogP contribution in [-0.4, -0.2) is 63.3 Å². The molecule has 0 unspecified atom stereocenters. The van der Waals surface area contributed by atoms with E-state index in [0.29, 0.717) is 24.3 Å². The molecule has 0 aliphatic rings. The molecular formula is C24H30N4O2. The molecule has 158 valence electrons. The van der Waals surface area contributed by atoms with E-state index in [-0.39, 0.29) is 0 Å². The molecule has 0 saturated heterocycles. The third kappa shape index (κ3) is 8.96. The first kappa shape index (κ1) is 23.2. The number of hydrogen-bond donors (Lipinski definition) is 0. The summed E-state index contributed by atoms with van der Waals surface area (Å²) in [7, 11) is 4.26. The molecular weight excluding hydrogens is 376 g/mol. The molecule has 0 aromatic heterocycles. The maximum absolute atomic E-state index is 8.80. The molecule has 2 aromatic carbocycles. The van der Waals surface area contributed by atoms with E-state index in [1.807, 2.05) is 24.3 Å². The molecule has 0 fully saturated rings. The van der Waals surface area contributed by atoms with Crippen LogP contribution < -0.4 is 9.47 Å². The monoisotopic (exact) mass is 406 g/mol. The molecule has 0 aliphatic carbocycles. The van der Waals surface area contributed by atoms with Gasteiger partial charge < -0.3 is 19.3 Å². The molecule has 6 heteroatoms. The Balaban J connectivity index is 1.49. The van der Waals surface area contributed by atoms with Crippen LogP contribution in [0.4, 0.5) is 0 Å². The topological polar surface area (TPSA) is 72.5 Å². The number of rotatable bonds is 13. The maximum Gasteiger partial charge on any atom is 0.119 e. The van der Waals surface area contributed by atoms with Gasteiger partial charge in [-0.3, -0.25) is 0 Å². The lowest BCUT2D eigenvalue weighted by Gasteiger charge is -2.22. The van der Waals surface area contributed by atoms with Gasteiger partial charge in [0.2, 0.25) is 0 Å². The van der Waals surface area contributed by atoms with Crippen LogP contribution in [0.5, 0.6) is 11.5 Å². The lowest BCUT2D eigenvalue weighted by atomic mass is 10.2. The van der Waals surface area contributed by atoms with Crippen molar-refractivity contribution < 1.29 is 9.47 Å². The van der Waals surface area contributed by atoms with Crippen LogP contribution >= 0.6 is 0 Å². The van der Waals surface area contributed by atoms with E-state index in [1.165, 1.54) is 0 Å². The quantitative estimate of drug-likeness (QED) is 0.474. The van der Waals surface area contributed by atoms with Crippen molar-refractivity contribution in [2.24, 2.45) is 0 Å². The summed E-state index contributed by atoms with van der Waals surface area (Å²) in [5.74, 6) is 1.61. The van der Waals surface area contributed by atoms with Crippen LogP contribution in [0, 0.1) is 22.7 Å². The molecule has 0 bridgehead atoms. The second-order valence-electron chi connectivity index (χ2n) is 7.28. The summed E-state index contributed by atoms with van der Waals surface area (Å²) < 4.78 is 11.4. The van der Waals surface area contributed by atoms with Crippen molar-refractivity contribution in [3.8, 4) is 23.6 Å². The van der Waals surface area contributed by atoms with Crippen molar-refractivity contribution in [1.82, 2.24) is 9.80 Å². The van der Waals surface area contributed by atoms with Gasteiger partial charge in [-0.25, -0.2) is 0 Å². The van der Waals surface area contributed by atoms with Gasteiger partial charge >= 0.3 is 0 Å². The first-order valence-electron chi connectivity index (χ1n) is 10.2. The largest absolute Gasteiger partial charge is 0.494 e. The molecule has 2 aromatic rings. The van der Waals surface area contributed by atoms with Gasteiger partial charge in [-0.15, -0.1) is 0 Å². The molecule has 2 rings (SSSR count). The number of ether oxygens (including phenoxy) is 2. The molecule has 30 heavy (non-hydrogen) atoms. The zero-order chi connectivity index (χ0) is 21.6. The Bertz CT molecular complexity index is 751. The predicted octanol–water partition coefficient (Wildman–Crippen LogP) is 3.53. The summed E-state index contributed by atoms with van der Waals surface area (Å²) in [6.45, 7) is 5.29. The highest BCUT2D eigenvalue weighted by atomic mass is 16.5. The van der Waals surface area contributed by atoms with Gasteiger partial charge in [0, 0.05) is 26.2 Å². The maximum atomic E-state index is 8.80. The van der Waals surface area contributed by atoms with E-state index in [4.69, 9.17) is 20.0 Å². The SMILES string of the molecule is CN(CCCOc1ccc(C#N)cc1)CCN(C)CCCOc1ccc(C#N)cc1. The van der Waals surface area contributed by atoms with Gasteiger partial charge in [-0.05, 0) is 75.5 Å². The second-order valence-corrected chi connectivity index (χ2v) is 7.28. The fourth-order valence-corrected chi connectivity index (χ4v) is 2.87. The van der Waals surface area contributed by atoms with Gasteiger partial charge in [-0.1, -0.05) is 0 Å². The van der Waals surface area contributed by atoms with Crippen LogP contribution in [0.15, 0.2) is 48.5 Å². The normalized spacial score (nSPS) is 10.6. The van der Waals surface area contributed by atoms with Crippen molar-refractivity contribution in [3.63, 3.8) is 0 Å². The van der Waals surface area contributed by atoms with Gasteiger partial charge in [0.1, 0.15) is 11.5 Å². The van der Waals surface area contributed by atoms with Gasteiger partial charge in [0.25, 0.3) is 0 Å². The third-order valence-electron chi connectivity index (χ3n) is 4.74. The summed E-state index contributed by atoms with van der Waals surface area (Å²) >= 11 is 0. The average Bonchev–Trinajstić information content (AvgIpc) is 2.79. The standard InChI is InChI=1S/C24H30N4O2/c1-27(13-3-17-29-23-9-5-21(19-25)6-10-23)15-16-28(2)14-4-18-30-24-11-7-22(20-26)8-12-24/h5-12H,3-4,13-18H2,1-2H3. The van der Waals surface area contributed by atoms with Crippen LogP contribution in [0.2, 0.25) is 0 Å². The first-order valence-corrected chi connectivity index (χ1v) is 10.2. The van der Waals surface area contributed by atoms with E-state index in [0.717, 1.165) is 50.5 Å². The Labute approximate surface area is 179 Å². The van der Waals surface area contributed by atoms with Crippen LogP contribution in [0.1, 0.15) is 24.0 Å². The fraction of sp³-hybridized carbons (Fsp3) is 0.417. The molecule has 0 spiro atoms. The molecule has 0 radical (unpaired) electrons. The minimum atomic E-state index is 0.645. The van der Waals surface area contributed by atoms with E-state index >= 15 is 0 Å². The summed E-state index contributed by atoms with van der Waals surface area (Å²) in [6, 6.07) is 18.6. The van der Waals surface area contributed by atoms with Crippen LogP contribution in [0.25, 0.3) is 0 Å². The molecule has 0 heterocycles. The smallest absolute Gasteiger partial charge is 0.119 e. The van der Waals surface area contributed by atoms with E-state index in [2.05, 4.69) is 36.0 Å². The molecule has 0 N–H and O–H groups in total. The number of hydrogen-bond acceptors (Lipinski definition) is 6. The molecule has 0 atom stereocenters. The molecule has 0 aliphatic heterocycles. The highest BCUT2D eigenvalue weighted by molar-refractivity contribution is 5.35. The first-order chi connectivity index (χ1) is 14.6. The van der Waals surface area contributed by atoms with Gasteiger partial charge in [0.05, 0.1) is 36.5 Å². The van der Waals surface area contributed by atoms with Crippen molar-refractivity contribution in [2.45, 2.75) is 12.8 Å². The number of likely N-dealkylation sites (N-methyl/N-ethyl adjacent to an activating group) is 2. The summed E-state index contributed by atoms with van der Waals surface area (Å²) in [5, 5.41) is 17.6. The minimum Gasteiger partial charge on any atom is -0.494 e. The average molecular weight is 407 g/mol. The Morgan fingerprint density at radius 3 is 1.33 bits per heavy atom. The zero-order valence-electron chi connectivity index (χ0n) is 17.9. The van der Waals surface area contributed by atoms with Gasteiger partial charge in [0.15, 0.2) is 0 Å².